The third kappa shape index (κ3) is 3.71. The Labute approximate surface area is 184 Å². The predicted molar refractivity (Wildman–Crippen MR) is 124 cm³/mol. The van der Waals surface area contributed by atoms with Crippen LogP contribution in [-0.2, 0) is 0 Å². The molecular weight excluding hydrogens is 370 g/mol. The minimum atomic E-state index is -0.408. The topological polar surface area (TPSA) is 49.7 Å². The molecule has 0 heterocycles. The second-order valence-electron chi connectivity index (χ2n) is 12.7. The lowest BCUT2D eigenvalue weighted by Gasteiger charge is -2.58. The van der Waals surface area contributed by atoms with Crippen molar-refractivity contribution in [3.63, 3.8) is 0 Å². The summed E-state index contributed by atoms with van der Waals surface area (Å²) in [5, 5.41) is 13.5. The van der Waals surface area contributed by atoms with Crippen molar-refractivity contribution in [2.75, 3.05) is 0 Å². The maximum Gasteiger partial charge on any atom is 0.0970 e. The molecule has 0 spiro atoms. The van der Waals surface area contributed by atoms with Gasteiger partial charge in [0.25, 0.3) is 0 Å². The zero-order chi connectivity index (χ0) is 21.7. The Bertz CT molecular complexity index is 684. The smallest absolute Gasteiger partial charge is 0.0970 e. The van der Waals surface area contributed by atoms with Crippen LogP contribution in [0.3, 0.4) is 0 Å². The van der Waals surface area contributed by atoms with Gasteiger partial charge in [-0.2, -0.15) is 4.91 Å². The summed E-state index contributed by atoms with van der Waals surface area (Å²) < 4.78 is 0. The van der Waals surface area contributed by atoms with Gasteiger partial charge >= 0.3 is 0 Å². The number of hydrogen-bond donors (Lipinski definition) is 1. The van der Waals surface area contributed by atoms with Crippen molar-refractivity contribution in [2.45, 2.75) is 117 Å². The summed E-state index contributed by atoms with van der Waals surface area (Å²) in [4.78, 5) is 11.0. The second kappa shape index (κ2) is 8.01. The maximum atomic E-state index is 11.0. The standard InChI is InChI=1S/C27H45NO2/c1-18(7-6-14-25(2,3)28-30)22-10-11-23-21-9-8-19-17-20(29)12-15-26(19,4)24(21)13-16-27(22,23)5/h8,18,20-24,29H,6-7,9-17H2,1-5H3. The molecule has 4 rings (SSSR count). The molecule has 170 valence electrons. The lowest BCUT2D eigenvalue weighted by Crippen LogP contribution is -2.50. The van der Waals surface area contributed by atoms with E-state index in [0.717, 1.165) is 55.3 Å². The number of aliphatic hydroxyl groups excluding tert-OH is 1. The monoisotopic (exact) mass is 415 g/mol. The van der Waals surface area contributed by atoms with Crippen LogP contribution in [0.25, 0.3) is 0 Å². The molecule has 0 amide bonds. The van der Waals surface area contributed by atoms with Gasteiger partial charge in [0.2, 0.25) is 0 Å². The SMILES string of the molecule is CC(CCCC(C)(C)N=O)C1CCC2C3CC=C4CC(O)CCC4(C)C3CCC12C. The maximum absolute atomic E-state index is 11.0. The Hall–Kier alpha value is -0.700. The third-order valence-electron chi connectivity index (χ3n) is 10.5. The quantitative estimate of drug-likeness (QED) is 0.366. The first kappa shape index (κ1) is 22.5. The van der Waals surface area contributed by atoms with E-state index in [1.165, 1.54) is 44.9 Å². The lowest BCUT2D eigenvalue weighted by atomic mass is 9.47. The van der Waals surface area contributed by atoms with Crippen LogP contribution in [0.1, 0.15) is 105 Å². The van der Waals surface area contributed by atoms with Gasteiger partial charge in [-0.15, -0.1) is 0 Å². The summed E-state index contributed by atoms with van der Waals surface area (Å²) in [5.41, 5.74) is 2.02. The van der Waals surface area contributed by atoms with E-state index in [2.05, 4.69) is 32.0 Å². The van der Waals surface area contributed by atoms with Crippen LogP contribution >= 0.6 is 0 Å². The molecule has 0 aromatic heterocycles. The van der Waals surface area contributed by atoms with Gasteiger partial charge in [-0.05, 0) is 112 Å². The fourth-order valence-electron chi connectivity index (χ4n) is 8.72. The summed E-state index contributed by atoms with van der Waals surface area (Å²) in [6.07, 6.45) is 15.7. The molecule has 1 N–H and O–H groups in total. The number of fused-ring (bicyclic) bond motifs is 5. The average Bonchev–Trinajstić information content (AvgIpc) is 3.05. The summed E-state index contributed by atoms with van der Waals surface area (Å²) in [6, 6.07) is 0. The van der Waals surface area contributed by atoms with Gasteiger partial charge in [0.1, 0.15) is 0 Å². The lowest BCUT2D eigenvalue weighted by molar-refractivity contribution is -0.0573. The Morgan fingerprint density at radius 3 is 2.67 bits per heavy atom. The van der Waals surface area contributed by atoms with Gasteiger partial charge in [-0.1, -0.05) is 50.4 Å². The highest BCUT2D eigenvalue weighted by atomic mass is 16.3. The molecule has 4 aliphatic rings. The molecule has 30 heavy (non-hydrogen) atoms. The van der Waals surface area contributed by atoms with Crippen LogP contribution in [0.4, 0.5) is 0 Å². The number of allylic oxidation sites excluding steroid dienone is 1. The van der Waals surface area contributed by atoms with E-state index < -0.39 is 5.54 Å². The summed E-state index contributed by atoms with van der Waals surface area (Å²) >= 11 is 0. The van der Waals surface area contributed by atoms with E-state index in [4.69, 9.17) is 0 Å². The average molecular weight is 416 g/mol. The Kier molecular flexibility index (Phi) is 6.01. The van der Waals surface area contributed by atoms with Gasteiger partial charge in [0.05, 0.1) is 11.6 Å². The number of nitroso groups, excluding NO2 is 1. The van der Waals surface area contributed by atoms with Crippen molar-refractivity contribution < 1.29 is 5.11 Å². The second-order valence-corrected chi connectivity index (χ2v) is 12.7. The Morgan fingerprint density at radius 1 is 1.17 bits per heavy atom. The van der Waals surface area contributed by atoms with E-state index in [1.54, 1.807) is 5.57 Å². The van der Waals surface area contributed by atoms with Crippen LogP contribution < -0.4 is 0 Å². The number of nitrogens with zero attached hydrogens (tertiary/aromatic N) is 1. The number of aliphatic hydroxyl groups is 1. The first-order valence-corrected chi connectivity index (χ1v) is 12.8. The molecule has 0 radical (unpaired) electrons. The molecule has 8 unspecified atom stereocenters. The minimum absolute atomic E-state index is 0.106. The molecule has 0 saturated heterocycles. The van der Waals surface area contributed by atoms with Crippen molar-refractivity contribution in [3.05, 3.63) is 16.6 Å². The molecule has 3 nitrogen and oxygen atoms in total. The first-order chi connectivity index (χ1) is 14.1. The van der Waals surface area contributed by atoms with Crippen LogP contribution in [0.15, 0.2) is 16.8 Å². The highest BCUT2D eigenvalue weighted by molar-refractivity contribution is 5.25. The number of hydrogen-bond acceptors (Lipinski definition) is 3. The molecule has 3 fully saturated rings. The van der Waals surface area contributed by atoms with E-state index in [1.807, 2.05) is 13.8 Å². The van der Waals surface area contributed by atoms with Gasteiger partial charge in [-0.25, -0.2) is 0 Å². The zero-order valence-electron chi connectivity index (χ0n) is 20.1. The summed E-state index contributed by atoms with van der Waals surface area (Å²) in [7, 11) is 0. The molecular formula is C27H45NO2. The van der Waals surface area contributed by atoms with Crippen molar-refractivity contribution in [1.29, 1.82) is 0 Å². The minimum Gasteiger partial charge on any atom is -0.393 e. The van der Waals surface area contributed by atoms with Crippen LogP contribution in [0, 0.1) is 45.3 Å². The molecule has 3 heteroatoms. The molecule has 0 aromatic carbocycles. The van der Waals surface area contributed by atoms with Crippen molar-refractivity contribution in [1.82, 2.24) is 0 Å². The molecule has 0 aromatic rings. The summed E-state index contributed by atoms with van der Waals surface area (Å²) in [5.74, 6) is 4.13. The van der Waals surface area contributed by atoms with Crippen molar-refractivity contribution in [2.24, 2.45) is 45.6 Å². The summed E-state index contributed by atoms with van der Waals surface area (Å²) in [6.45, 7) is 11.6. The van der Waals surface area contributed by atoms with Gasteiger partial charge < -0.3 is 5.11 Å². The van der Waals surface area contributed by atoms with Gasteiger partial charge in [0, 0.05) is 0 Å². The first-order valence-electron chi connectivity index (χ1n) is 12.8. The van der Waals surface area contributed by atoms with Crippen molar-refractivity contribution >= 4 is 0 Å². The van der Waals surface area contributed by atoms with Crippen LogP contribution in [0.2, 0.25) is 0 Å². The number of rotatable bonds is 6. The molecule has 0 aliphatic heterocycles. The van der Waals surface area contributed by atoms with E-state index in [9.17, 15) is 10.0 Å². The molecule has 3 saturated carbocycles. The van der Waals surface area contributed by atoms with Crippen molar-refractivity contribution in [3.8, 4) is 0 Å². The zero-order valence-corrected chi connectivity index (χ0v) is 20.1. The Balaban J connectivity index is 1.45. The largest absolute Gasteiger partial charge is 0.393 e. The van der Waals surface area contributed by atoms with E-state index >= 15 is 0 Å². The molecule has 8 atom stereocenters. The third-order valence-corrected chi connectivity index (χ3v) is 10.5. The highest BCUT2D eigenvalue weighted by Crippen LogP contribution is 2.67. The van der Waals surface area contributed by atoms with Crippen LogP contribution in [-0.4, -0.2) is 16.7 Å². The fourth-order valence-corrected chi connectivity index (χ4v) is 8.72. The highest BCUT2D eigenvalue weighted by Gasteiger charge is 2.59. The van der Waals surface area contributed by atoms with E-state index in [-0.39, 0.29) is 6.10 Å². The predicted octanol–water partition coefficient (Wildman–Crippen LogP) is 7.28. The normalized spacial score (nSPS) is 44.5. The Morgan fingerprint density at radius 2 is 1.93 bits per heavy atom. The van der Waals surface area contributed by atoms with Crippen LogP contribution in [0.5, 0.6) is 0 Å². The van der Waals surface area contributed by atoms with Gasteiger partial charge in [0.15, 0.2) is 0 Å². The molecule has 4 aliphatic carbocycles. The van der Waals surface area contributed by atoms with E-state index in [0.29, 0.717) is 10.8 Å². The molecule has 0 bridgehead atoms. The fraction of sp³-hybridized carbons (Fsp3) is 0.926. The van der Waals surface area contributed by atoms with Gasteiger partial charge in [-0.3, -0.25) is 0 Å².